The van der Waals surface area contributed by atoms with Crippen molar-refractivity contribution in [1.82, 2.24) is 0 Å². The van der Waals surface area contributed by atoms with Crippen LogP contribution in [0.5, 0.6) is 0 Å². The molecule has 0 N–H and O–H groups in total. The number of piperidine rings is 1. The fourth-order valence-electron chi connectivity index (χ4n) is 3.08. The summed E-state index contributed by atoms with van der Waals surface area (Å²) in [6.07, 6.45) is 7.55. The van der Waals surface area contributed by atoms with Gasteiger partial charge in [-0.05, 0) is 67.2 Å². The molecule has 0 aromatic heterocycles. The SMILES string of the molecule is CSCCC1CCN(c2ccc(CC(C)C)cc2)CC1. The summed E-state index contributed by atoms with van der Waals surface area (Å²) in [5, 5.41) is 0. The van der Waals surface area contributed by atoms with Crippen LogP contribution >= 0.6 is 11.8 Å². The van der Waals surface area contributed by atoms with Gasteiger partial charge in [0.1, 0.15) is 0 Å². The molecule has 2 heteroatoms. The first kappa shape index (κ1) is 15.8. The van der Waals surface area contributed by atoms with E-state index in [1.54, 1.807) is 0 Å². The fourth-order valence-corrected chi connectivity index (χ4v) is 3.65. The summed E-state index contributed by atoms with van der Waals surface area (Å²) in [5.74, 6) is 3.03. The van der Waals surface area contributed by atoms with Crippen LogP contribution in [0.3, 0.4) is 0 Å². The number of anilines is 1. The van der Waals surface area contributed by atoms with Gasteiger partial charge in [-0.15, -0.1) is 0 Å². The van der Waals surface area contributed by atoms with Crippen molar-refractivity contribution in [2.45, 2.75) is 39.5 Å². The summed E-state index contributed by atoms with van der Waals surface area (Å²) in [4.78, 5) is 2.56. The van der Waals surface area contributed by atoms with E-state index in [9.17, 15) is 0 Å². The van der Waals surface area contributed by atoms with Crippen LogP contribution in [0.1, 0.15) is 38.7 Å². The van der Waals surface area contributed by atoms with Crippen molar-refractivity contribution < 1.29 is 0 Å². The summed E-state index contributed by atoms with van der Waals surface area (Å²) < 4.78 is 0. The topological polar surface area (TPSA) is 3.24 Å². The smallest absolute Gasteiger partial charge is 0.0366 e. The largest absolute Gasteiger partial charge is 0.372 e. The number of nitrogens with zero attached hydrogens (tertiary/aromatic N) is 1. The standard InChI is InChI=1S/C18H29NS/c1-15(2)14-17-4-6-18(7-5-17)19-11-8-16(9-12-19)10-13-20-3/h4-7,15-16H,8-14H2,1-3H3. The van der Waals surface area contributed by atoms with Crippen LogP contribution < -0.4 is 4.90 Å². The molecular formula is C18H29NS. The highest BCUT2D eigenvalue weighted by Crippen LogP contribution is 2.26. The Bertz CT molecular complexity index is 377. The lowest BCUT2D eigenvalue weighted by Gasteiger charge is -2.33. The van der Waals surface area contributed by atoms with Crippen molar-refractivity contribution in [1.29, 1.82) is 0 Å². The zero-order valence-corrected chi connectivity index (χ0v) is 14.1. The van der Waals surface area contributed by atoms with Crippen LogP contribution in [0.2, 0.25) is 0 Å². The molecule has 20 heavy (non-hydrogen) atoms. The molecule has 2 rings (SSSR count). The monoisotopic (exact) mass is 291 g/mol. The van der Waals surface area contributed by atoms with E-state index >= 15 is 0 Å². The van der Waals surface area contributed by atoms with Crippen LogP contribution in [-0.2, 0) is 6.42 Å². The van der Waals surface area contributed by atoms with Crippen molar-refractivity contribution in [3.05, 3.63) is 29.8 Å². The second-order valence-corrected chi connectivity index (χ2v) is 7.46. The van der Waals surface area contributed by atoms with Gasteiger partial charge in [-0.25, -0.2) is 0 Å². The normalized spacial score (nSPS) is 16.9. The van der Waals surface area contributed by atoms with Crippen molar-refractivity contribution >= 4 is 17.4 Å². The highest BCUT2D eigenvalue weighted by molar-refractivity contribution is 7.98. The van der Waals surface area contributed by atoms with Gasteiger partial charge in [-0.1, -0.05) is 26.0 Å². The van der Waals surface area contributed by atoms with Gasteiger partial charge < -0.3 is 4.90 Å². The van der Waals surface area contributed by atoms with Gasteiger partial charge >= 0.3 is 0 Å². The van der Waals surface area contributed by atoms with Crippen molar-refractivity contribution in [2.24, 2.45) is 11.8 Å². The quantitative estimate of drug-likeness (QED) is 0.736. The van der Waals surface area contributed by atoms with E-state index in [0.717, 1.165) is 11.8 Å². The molecule has 0 bridgehead atoms. The third kappa shape index (κ3) is 4.73. The van der Waals surface area contributed by atoms with Crippen molar-refractivity contribution in [3.63, 3.8) is 0 Å². The zero-order chi connectivity index (χ0) is 14.4. The molecule has 1 fully saturated rings. The second-order valence-electron chi connectivity index (χ2n) is 6.48. The first-order chi connectivity index (χ1) is 9.69. The van der Waals surface area contributed by atoms with E-state index in [1.807, 2.05) is 11.8 Å². The maximum absolute atomic E-state index is 2.56. The molecular weight excluding hydrogens is 262 g/mol. The Hall–Kier alpha value is -0.630. The summed E-state index contributed by atoms with van der Waals surface area (Å²) in [7, 11) is 0. The first-order valence-electron chi connectivity index (χ1n) is 8.02. The Morgan fingerprint density at radius 1 is 1.15 bits per heavy atom. The minimum atomic E-state index is 0.744. The molecule has 0 atom stereocenters. The van der Waals surface area contributed by atoms with E-state index < -0.39 is 0 Å². The minimum absolute atomic E-state index is 0.744. The Kier molecular flexibility index (Phi) is 6.28. The summed E-state index contributed by atoms with van der Waals surface area (Å²) in [6, 6.07) is 9.27. The molecule has 0 amide bonds. The molecule has 1 saturated heterocycles. The zero-order valence-electron chi connectivity index (χ0n) is 13.3. The predicted octanol–water partition coefficient (Wildman–Crippen LogP) is 4.85. The number of hydrogen-bond acceptors (Lipinski definition) is 2. The van der Waals surface area contributed by atoms with Gasteiger partial charge in [-0.3, -0.25) is 0 Å². The number of hydrogen-bond donors (Lipinski definition) is 0. The van der Waals surface area contributed by atoms with Gasteiger partial charge in [-0.2, -0.15) is 11.8 Å². The third-order valence-corrected chi connectivity index (χ3v) is 4.93. The lowest BCUT2D eigenvalue weighted by Crippen LogP contribution is -2.33. The number of rotatable bonds is 6. The first-order valence-corrected chi connectivity index (χ1v) is 9.41. The van der Waals surface area contributed by atoms with Crippen LogP contribution in [0.4, 0.5) is 5.69 Å². The molecule has 1 aliphatic rings. The van der Waals surface area contributed by atoms with Crippen molar-refractivity contribution in [3.8, 4) is 0 Å². The highest BCUT2D eigenvalue weighted by Gasteiger charge is 2.18. The summed E-state index contributed by atoms with van der Waals surface area (Å²) in [5.41, 5.74) is 2.89. The molecule has 0 aliphatic carbocycles. The lowest BCUT2D eigenvalue weighted by atomic mass is 9.94. The van der Waals surface area contributed by atoms with Crippen LogP contribution in [0.15, 0.2) is 24.3 Å². The third-order valence-electron chi connectivity index (χ3n) is 4.29. The molecule has 1 aliphatic heterocycles. The maximum atomic E-state index is 2.56. The fraction of sp³-hybridized carbons (Fsp3) is 0.667. The van der Waals surface area contributed by atoms with Gasteiger partial charge in [0.05, 0.1) is 0 Å². The predicted molar refractivity (Wildman–Crippen MR) is 92.9 cm³/mol. The Labute approximate surface area is 129 Å². The Balaban J connectivity index is 1.84. The van der Waals surface area contributed by atoms with Gasteiger partial charge in [0.2, 0.25) is 0 Å². The molecule has 0 unspecified atom stereocenters. The van der Waals surface area contributed by atoms with E-state index in [-0.39, 0.29) is 0 Å². The molecule has 1 nitrogen and oxygen atoms in total. The average Bonchev–Trinajstić information content (AvgIpc) is 2.46. The van der Waals surface area contributed by atoms with E-state index in [4.69, 9.17) is 0 Å². The number of benzene rings is 1. The summed E-state index contributed by atoms with van der Waals surface area (Å²) >= 11 is 1.99. The highest BCUT2D eigenvalue weighted by atomic mass is 32.2. The molecule has 1 aromatic carbocycles. The van der Waals surface area contributed by atoms with E-state index in [2.05, 4.69) is 49.3 Å². The van der Waals surface area contributed by atoms with Gasteiger partial charge in [0.15, 0.2) is 0 Å². The second kappa shape index (κ2) is 7.97. The molecule has 112 valence electrons. The lowest BCUT2D eigenvalue weighted by molar-refractivity contribution is 0.397. The molecule has 0 spiro atoms. The van der Waals surface area contributed by atoms with Crippen LogP contribution in [-0.4, -0.2) is 25.1 Å². The molecule has 1 heterocycles. The van der Waals surface area contributed by atoms with Crippen molar-refractivity contribution in [2.75, 3.05) is 30.0 Å². The van der Waals surface area contributed by atoms with Gasteiger partial charge in [0.25, 0.3) is 0 Å². The van der Waals surface area contributed by atoms with E-state index in [1.165, 1.54) is 55.8 Å². The minimum Gasteiger partial charge on any atom is -0.372 e. The van der Waals surface area contributed by atoms with Crippen LogP contribution in [0.25, 0.3) is 0 Å². The van der Waals surface area contributed by atoms with E-state index in [0.29, 0.717) is 0 Å². The maximum Gasteiger partial charge on any atom is 0.0366 e. The molecule has 1 aromatic rings. The van der Waals surface area contributed by atoms with Crippen LogP contribution in [0, 0.1) is 11.8 Å². The summed E-state index contributed by atoms with van der Waals surface area (Å²) in [6.45, 7) is 7.05. The Morgan fingerprint density at radius 2 is 1.80 bits per heavy atom. The molecule has 0 saturated carbocycles. The van der Waals surface area contributed by atoms with Gasteiger partial charge in [0, 0.05) is 18.8 Å². The molecule has 0 radical (unpaired) electrons. The average molecular weight is 292 g/mol. The Morgan fingerprint density at radius 3 is 2.35 bits per heavy atom. The number of thioether (sulfide) groups is 1.